The molecule has 0 aromatic rings. The van der Waals surface area contributed by atoms with E-state index in [-0.39, 0.29) is 5.57 Å². The minimum atomic E-state index is -1.81. The molecule has 0 amide bonds. The lowest BCUT2D eigenvalue weighted by Gasteiger charge is -2.37. The van der Waals surface area contributed by atoms with Crippen LogP contribution in [0.5, 0.6) is 0 Å². The second kappa shape index (κ2) is 6.11. The van der Waals surface area contributed by atoms with Crippen LogP contribution in [-0.2, 0) is 19.1 Å². The first-order chi connectivity index (χ1) is 8.79. The van der Waals surface area contributed by atoms with Crippen LogP contribution in [0.3, 0.4) is 0 Å². The van der Waals surface area contributed by atoms with Crippen molar-refractivity contribution in [2.75, 3.05) is 0 Å². The zero-order valence-corrected chi connectivity index (χ0v) is 10.4. The van der Waals surface area contributed by atoms with Gasteiger partial charge in [-0.2, -0.15) is 0 Å². The number of aliphatic hydroxyl groups is 3. The third-order valence-corrected chi connectivity index (χ3v) is 2.79. The van der Waals surface area contributed by atoms with E-state index in [0.717, 1.165) is 0 Å². The quantitative estimate of drug-likeness (QED) is 0.357. The van der Waals surface area contributed by atoms with Crippen LogP contribution >= 0.6 is 0 Å². The zero-order chi connectivity index (χ0) is 14.7. The minimum Gasteiger partial charge on any atom is -0.479 e. The molecule has 1 saturated heterocycles. The van der Waals surface area contributed by atoms with Gasteiger partial charge in [0.15, 0.2) is 6.10 Å². The monoisotopic (exact) mass is 276 g/mol. The van der Waals surface area contributed by atoms with E-state index < -0.39 is 42.6 Å². The predicted molar refractivity (Wildman–Crippen MR) is 59.8 cm³/mol. The number of carboxylic acids is 1. The topological polar surface area (TPSA) is 134 Å². The molecule has 108 valence electrons. The molecule has 1 aliphatic rings. The molecule has 0 bridgehead atoms. The van der Waals surface area contributed by atoms with E-state index in [2.05, 4.69) is 0 Å². The molecule has 1 aliphatic heterocycles. The third-order valence-electron chi connectivity index (χ3n) is 2.79. The summed E-state index contributed by atoms with van der Waals surface area (Å²) < 4.78 is 9.52. The van der Waals surface area contributed by atoms with E-state index in [9.17, 15) is 24.9 Å². The largest absolute Gasteiger partial charge is 0.479 e. The lowest BCUT2D eigenvalue weighted by molar-refractivity contribution is -0.285. The highest BCUT2D eigenvalue weighted by atomic mass is 16.7. The first-order valence-corrected chi connectivity index (χ1v) is 5.56. The highest BCUT2D eigenvalue weighted by molar-refractivity contribution is 5.87. The molecule has 0 aromatic heterocycles. The number of rotatable bonds is 3. The summed E-state index contributed by atoms with van der Waals surface area (Å²) in [5, 5.41) is 37.3. The number of carbonyl (C=O) groups is 2. The molecule has 5 atom stereocenters. The Morgan fingerprint density at radius 1 is 1.16 bits per heavy atom. The smallest absolute Gasteiger partial charge is 0.335 e. The normalized spacial score (nSPS) is 35.8. The first-order valence-electron chi connectivity index (χ1n) is 5.56. The van der Waals surface area contributed by atoms with Crippen LogP contribution < -0.4 is 0 Å². The van der Waals surface area contributed by atoms with Crippen LogP contribution in [0.1, 0.15) is 13.8 Å². The fraction of sp³-hybridized carbons (Fsp3) is 0.636. The number of allylic oxidation sites excluding steroid dienone is 1. The van der Waals surface area contributed by atoms with E-state index in [1.165, 1.54) is 13.0 Å². The van der Waals surface area contributed by atoms with Gasteiger partial charge in [-0.3, -0.25) is 0 Å². The highest BCUT2D eigenvalue weighted by Gasteiger charge is 2.48. The summed E-state index contributed by atoms with van der Waals surface area (Å²) >= 11 is 0. The van der Waals surface area contributed by atoms with Crippen molar-refractivity contribution in [2.45, 2.75) is 44.6 Å². The molecular weight excluding hydrogens is 260 g/mol. The van der Waals surface area contributed by atoms with Crippen molar-refractivity contribution in [2.24, 2.45) is 0 Å². The number of hydrogen-bond donors (Lipinski definition) is 4. The van der Waals surface area contributed by atoms with Crippen LogP contribution in [0.25, 0.3) is 0 Å². The number of ether oxygens (including phenoxy) is 2. The summed E-state index contributed by atoms with van der Waals surface area (Å²) in [4.78, 5) is 22.3. The van der Waals surface area contributed by atoms with Gasteiger partial charge in [0.2, 0.25) is 6.29 Å². The van der Waals surface area contributed by atoms with Crippen LogP contribution in [-0.4, -0.2) is 63.1 Å². The molecule has 0 aromatic carbocycles. The van der Waals surface area contributed by atoms with Crippen molar-refractivity contribution in [3.05, 3.63) is 11.6 Å². The number of carbonyl (C=O) groups excluding carboxylic acids is 1. The van der Waals surface area contributed by atoms with Gasteiger partial charge < -0.3 is 29.9 Å². The molecule has 1 heterocycles. The Kier molecular flexibility index (Phi) is 5.01. The Labute approximate surface area is 108 Å². The van der Waals surface area contributed by atoms with E-state index in [1.807, 2.05) is 0 Å². The Morgan fingerprint density at radius 3 is 2.21 bits per heavy atom. The van der Waals surface area contributed by atoms with Gasteiger partial charge in [0.1, 0.15) is 18.3 Å². The predicted octanol–water partition coefficient (Wildman–Crippen LogP) is -1.61. The standard InChI is InChI=1S/C11H16O8/c1-3-4(2)10(17)19-11-7(14)5(12)6(13)8(18-11)9(15)16/h3,5-8,11-14H,1-2H3,(H,15,16)/b4-3+. The van der Waals surface area contributed by atoms with Crippen LogP contribution in [0, 0.1) is 0 Å². The molecule has 0 aliphatic carbocycles. The number of aliphatic carboxylic acids is 1. The van der Waals surface area contributed by atoms with Gasteiger partial charge in [-0.1, -0.05) is 6.08 Å². The fourth-order valence-electron chi connectivity index (χ4n) is 1.47. The number of esters is 1. The molecule has 19 heavy (non-hydrogen) atoms. The van der Waals surface area contributed by atoms with E-state index in [1.54, 1.807) is 6.92 Å². The average Bonchev–Trinajstić information content (AvgIpc) is 2.37. The van der Waals surface area contributed by atoms with Crippen molar-refractivity contribution >= 4 is 11.9 Å². The van der Waals surface area contributed by atoms with E-state index in [4.69, 9.17) is 14.6 Å². The molecule has 8 heteroatoms. The molecule has 4 N–H and O–H groups in total. The van der Waals surface area contributed by atoms with Crippen LogP contribution in [0.2, 0.25) is 0 Å². The highest BCUT2D eigenvalue weighted by Crippen LogP contribution is 2.23. The van der Waals surface area contributed by atoms with Crippen molar-refractivity contribution in [3.8, 4) is 0 Å². The van der Waals surface area contributed by atoms with Gasteiger partial charge in [0.25, 0.3) is 0 Å². The van der Waals surface area contributed by atoms with Crippen molar-refractivity contribution in [1.82, 2.24) is 0 Å². The molecular formula is C11H16O8. The lowest BCUT2D eigenvalue weighted by Crippen LogP contribution is -2.60. The molecule has 1 fully saturated rings. The maximum absolute atomic E-state index is 11.5. The minimum absolute atomic E-state index is 0.225. The van der Waals surface area contributed by atoms with Gasteiger partial charge in [0.05, 0.1) is 0 Å². The second-order valence-electron chi connectivity index (χ2n) is 4.11. The molecule has 0 radical (unpaired) electrons. The molecule has 5 unspecified atom stereocenters. The SMILES string of the molecule is C/C=C(\C)C(=O)OC1OC(C(=O)O)C(O)C(O)C1O. The van der Waals surface area contributed by atoms with Crippen molar-refractivity contribution < 1.29 is 39.5 Å². The Morgan fingerprint density at radius 2 is 1.74 bits per heavy atom. The van der Waals surface area contributed by atoms with Gasteiger partial charge in [-0.25, -0.2) is 9.59 Å². The fourth-order valence-corrected chi connectivity index (χ4v) is 1.47. The molecule has 0 saturated carbocycles. The average molecular weight is 276 g/mol. The Bertz CT molecular complexity index is 390. The number of hydrogen-bond acceptors (Lipinski definition) is 7. The molecule has 1 rings (SSSR count). The third kappa shape index (κ3) is 3.29. The summed E-state index contributed by atoms with van der Waals surface area (Å²) in [6, 6.07) is 0. The van der Waals surface area contributed by atoms with E-state index >= 15 is 0 Å². The van der Waals surface area contributed by atoms with Gasteiger partial charge in [0, 0.05) is 5.57 Å². The van der Waals surface area contributed by atoms with E-state index in [0.29, 0.717) is 0 Å². The first kappa shape index (κ1) is 15.6. The van der Waals surface area contributed by atoms with Crippen molar-refractivity contribution in [1.29, 1.82) is 0 Å². The maximum Gasteiger partial charge on any atom is 0.335 e. The Balaban J connectivity index is 2.83. The molecule has 8 nitrogen and oxygen atoms in total. The Hall–Kier alpha value is -1.48. The maximum atomic E-state index is 11.5. The van der Waals surface area contributed by atoms with Gasteiger partial charge in [-0.15, -0.1) is 0 Å². The van der Waals surface area contributed by atoms with Crippen LogP contribution in [0.15, 0.2) is 11.6 Å². The lowest BCUT2D eigenvalue weighted by atomic mass is 9.99. The summed E-state index contributed by atoms with van der Waals surface area (Å²) in [7, 11) is 0. The zero-order valence-electron chi connectivity index (χ0n) is 10.4. The second-order valence-corrected chi connectivity index (χ2v) is 4.11. The van der Waals surface area contributed by atoms with Gasteiger partial charge in [-0.05, 0) is 13.8 Å². The van der Waals surface area contributed by atoms with Crippen LogP contribution in [0.4, 0.5) is 0 Å². The summed E-state index contributed by atoms with van der Waals surface area (Å²) in [6.07, 6.45) is -7.34. The molecule has 0 spiro atoms. The van der Waals surface area contributed by atoms with Gasteiger partial charge >= 0.3 is 11.9 Å². The summed E-state index contributed by atoms with van der Waals surface area (Å²) in [5.41, 5.74) is 0.225. The van der Waals surface area contributed by atoms with Crippen molar-refractivity contribution in [3.63, 3.8) is 0 Å². The number of carboxylic acid groups (broad SMARTS) is 1. The summed E-state index contributed by atoms with van der Waals surface area (Å²) in [5.74, 6) is -2.36. The summed E-state index contributed by atoms with van der Waals surface area (Å²) in [6.45, 7) is 3.05. The number of aliphatic hydroxyl groups excluding tert-OH is 3.